The molecule has 0 heterocycles. The first kappa shape index (κ1) is 21.1. The molecule has 1 unspecified atom stereocenters. The van der Waals surface area contributed by atoms with Crippen LogP contribution in [0.5, 0.6) is 0 Å². The van der Waals surface area contributed by atoms with E-state index in [0.717, 1.165) is 49.9 Å². The van der Waals surface area contributed by atoms with Crippen molar-refractivity contribution in [2.45, 2.75) is 91.6 Å². The lowest BCUT2D eigenvalue weighted by Gasteiger charge is -2.58. The molecular formula is C24H34O4S. The molecule has 0 amide bonds. The number of esters is 1. The van der Waals surface area contributed by atoms with Gasteiger partial charge in [-0.2, -0.15) is 0 Å². The molecule has 4 rings (SSSR count). The van der Waals surface area contributed by atoms with Crippen molar-refractivity contribution in [2.75, 3.05) is 0 Å². The predicted octanol–water partition coefficient (Wildman–Crippen LogP) is 5.45. The Bertz CT molecular complexity index is 771. The van der Waals surface area contributed by atoms with Crippen LogP contribution in [0.4, 0.5) is 0 Å². The maximum Gasteiger partial charge on any atom is 0.305 e. The fraction of sp³-hybridized carbons (Fsp3) is 0.792. The summed E-state index contributed by atoms with van der Waals surface area (Å²) in [5, 5.41) is 0.0137. The summed E-state index contributed by atoms with van der Waals surface area (Å²) >= 11 is 1.17. The highest BCUT2D eigenvalue weighted by Gasteiger charge is 2.60. The number of allylic oxidation sites excluding steroid dienone is 1. The summed E-state index contributed by atoms with van der Waals surface area (Å²) in [4.78, 5) is 37.1. The predicted molar refractivity (Wildman–Crippen MR) is 114 cm³/mol. The Morgan fingerprint density at radius 3 is 2.52 bits per heavy atom. The molecule has 4 aliphatic carbocycles. The zero-order chi connectivity index (χ0) is 21.0. The first-order chi connectivity index (χ1) is 13.7. The maximum absolute atomic E-state index is 12.6. The van der Waals surface area contributed by atoms with Gasteiger partial charge in [0.05, 0.1) is 4.91 Å². The molecule has 0 saturated heterocycles. The van der Waals surface area contributed by atoms with Crippen LogP contribution in [0.25, 0.3) is 0 Å². The smallest absolute Gasteiger partial charge is 0.305 e. The molecule has 0 bridgehead atoms. The Morgan fingerprint density at radius 2 is 1.83 bits per heavy atom. The van der Waals surface area contributed by atoms with Gasteiger partial charge in [-0.3, -0.25) is 14.4 Å². The first-order valence-electron chi connectivity index (χ1n) is 11.4. The van der Waals surface area contributed by atoms with E-state index in [4.69, 9.17) is 4.74 Å². The molecule has 0 aromatic rings. The van der Waals surface area contributed by atoms with Gasteiger partial charge in [-0.05, 0) is 85.4 Å². The standard InChI is InChI=1S/C24H34O4S/c1-5-21(27)28-20-9-8-16-15-6-7-18-22(29-14(2)25)19(26)11-13-23(18,3)17(15)10-12-24(16,20)4/h15-17,20H,5-13H2,1-4H3/t15-,16-,17-,20?,23+,24-/m0/s1. The lowest BCUT2D eigenvalue weighted by molar-refractivity contribution is -0.159. The highest BCUT2D eigenvalue weighted by atomic mass is 32.2. The molecule has 4 aliphatic rings. The lowest BCUT2D eigenvalue weighted by atomic mass is 9.47. The van der Waals surface area contributed by atoms with Crippen molar-refractivity contribution in [2.24, 2.45) is 28.6 Å². The largest absolute Gasteiger partial charge is 0.462 e. The van der Waals surface area contributed by atoms with Crippen molar-refractivity contribution in [3.63, 3.8) is 0 Å². The number of carbonyl (C=O) groups excluding carboxylic acids is 3. The minimum Gasteiger partial charge on any atom is -0.462 e. The normalized spacial score (nSPS) is 41.4. The van der Waals surface area contributed by atoms with E-state index in [1.807, 2.05) is 6.92 Å². The van der Waals surface area contributed by atoms with Gasteiger partial charge < -0.3 is 4.74 Å². The van der Waals surface area contributed by atoms with Gasteiger partial charge in [0.2, 0.25) is 0 Å². The Hall–Kier alpha value is -1.10. The number of Topliss-reactive ketones (excluding diaryl/α,β-unsaturated/α-hetero) is 1. The third-order valence-electron chi connectivity index (χ3n) is 8.79. The van der Waals surface area contributed by atoms with Crippen LogP contribution in [0.2, 0.25) is 0 Å². The average molecular weight is 419 g/mol. The van der Waals surface area contributed by atoms with Crippen molar-refractivity contribution >= 4 is 28.6 Å². The van der Waals surface area contributed by atoms with Crippen LogP contribution in [0.15, 0.2) is 10.5 Å². The molecule has 0 radical (unpaired) electrons. The monoisotopic (exact) mass is 418 g/mol. The van der Waals surface area contributed by atoms with E-state index in [9.17, 15) is 14.4 Å². The van der Waals surface area contributed by atoms with Gasteiger partial charge in [-0.15, -0.1) is 0 Å². The summed E-state index contributed by atoms with van der Waals surface area (Å²) in [6, 6.07) is 0. The molecule has 0 aromatic carbocycles. The van der Waals surface area contributed by atoms with Gasteiger partial charge in [0, 0.05) is 25.2 Å². The number of carbonyl (C=O) groups is 3. The third-order valence-corrected chi connectivity index (χ3v) is 9.76. The van der Waals surface area contributed by atoms with Crippen LogP contribution in [0.3, 0.4) is 0 Å². The molecule has 29 heavy (non-hydrogen) atoms. The number of hydrogen-bond acceptors (Lipinski definition) is 5. The van der Waals surface area contributed by atoms with E-state index >= 15 is 0 Å². The Balaban J connectivity index is 1.63. The van der Waals surface area contributed by atoms with Gasteiger partial charge in [-0.1, -0.05) is 20.8 Å². The van der Waals surface area contributed by atoms with Gasteiger partial charge in [-0.25, -0.2) is 0 Å². The number of hydrogen-bond donors (Lipinski definition) is 0. The average Bonchev–Trinajstić information content (AvgIpc) is 3.00. The summed E-state index contributed by atoms with van der Waals surface area (Å²) < 4.78 is 5.89. The quantitative estimate of drug-likeness (QED) is 0.571. The van der Waals surface area contributed by atoms with Crippen molar-refractivity contribution in [1.29, 1.82) is 0 Å². The lowest BCUT2D eigenvalue weighted by Crippen LogP contribution is -2.52. The van der Waals surface area contributed by atoms with Crippen LogP contribution in [0, 0.1) is 28.6 Å². The van der Waals surface area contributed by atoms with Crippen LogP contribution >= 0.6 is 11.8 Å². The Morgan fingerprint density at radius 1 is 1.07 bits per heavy atom. The van der Waals surface area contributed by atoms with Gasteiger partial charge in [0.15, 0.2) is 10.9 Å². The van der Waals surface area contributed by atoms with E-state index in [1.54, 1.807) is 6.92 Å². The summed E-state index contributed by atoms with van der Waals surface area (Å²) in [7, 11) is 0. The molecule has 0 spiro atoms. The minimum absolute atomic E-state index is 0.0137. The van der Waals surface area contributed by atoms with E-state index < -0.39 is 0 Å². The van der Waals surface area contributed by atoms with Gasteiger partial charge >= 0.3 is 5.97 Å². The Kier molecular flexibility index (Phi) is 5.50. The summed E-state index contributed by atoms with van der Waals surface area (Å²) in [6.07, 6.45) is 8.37. The van der Waals surface area contributed by atoms with Crippen LogP contribution in [-0.4, -0.2) is 23.0 Å². The van der Waals surface area contributed by atoms with Crippen molar-refractivity contribution < 1.29 is 19.1 Å². The molecule has 5 heteroatoms. The first-order valence-corrected chi connectivity index (χ1v) is 12.2. The van der Waals surface area contributed by atoms with Gasteiger partial charge in [0.1, 0.15) is 6.10 Å². The third kappa shape index (κ3) is 3.32. The number of ketones is 1. The Labute approximate surface area is 178 Å². The molecule has 3 saturated carbocycles. The SMILES string of the molecule is CCC(=O)OC1CC[C@H]2[C@@H]3CCC4=C(SC(C)=O)C(=O)CC[C@]4(C)[C@H]3CC[C@]12C. The second kappa shape index (κ2) is 7.55. The number of fused-ring (bicyclic) bond motifs is 5. The minimum atomic E-state index is -0.0727. The van der Waals surface area contributed by atoms with E-state index in [1.165, 1.54) is 17.3 Å². The molecule has 0 aromatic heterocycles. The van der Waals surface area contributed by atoms with Crippen LogP contribution < -0.4 is 0 Å². The van der Waals surface area contributed by atoms with Crippen LogP contribution in [0.1, 0.15) is 85.5 Å². The summed E-state index contributed by atoms with van der Waals surface area (Å²) in [5.74, 6) is 1.89. The van der Waals surface area contributed by atoms with Gasteiger partial charge in [0.25, 0.3) is 0 Å². The topological polar surface area (TPSA) is 60.4 Å². The zero-order valence-corrected chi connectivity index (χ0v) is 19.0. The number of rotatable bonds is 3. The molecule has 0 N–H and O–H groups in total. The highest BCUT2D eigenvalue weighted by Crippen LogP contribution is 2.66. The van der Waals surface area contributed by atoms with Crippen LogP contribution in [-0.2, 0) is 19.1 Å². The van der Waals surface area contributed by atoms with E-state index in [2.05, 4.69) is 13.8 Å². The number of thioether (sulfide) groups is 1. The molecule has 160 valence electrons. The summed E-state index contributed by atoms with van der Waals surface area (Å²) in [6.45, 7) is 8.14. The molecule has 6 atom stereocenters. The summed E-state index contributed by atoms with van der Waals surface area (Å²) in [5.41, 5.74) is 1.39. The van der Waals surface area contributed by atoms with Crippen molar-refractivity contribution in [1.82, 2.24) is 0 Å². The zero-order valence-electron chi connectivity index (χ0n) is 18.2. The second-order valence-corrected chi connectivity index (χ2v) is 11.3. The molecule has 0 aliphatic heterocycles. The van der Waals surface area contributed by atoms with E-state index in [-0.39, 0.29) is 33.8 Å². The molecule has 3 fully saturated rings. The maximum atomic E-state index is 12.6. The highest BCUT2D eigenvalue weighted by molar-refractivity contribution is 8.17. The molecule has 4 nitrogen and oxygen atoms in total. The van der Waals surface area contributed by atoms with Crippen molar-refractivity contribution in [3.05, 3.63) is 10.5 Å². The number of ether oxygens (including phenoxy) is 1. The van der Waals surface area contributed by atoms with E-state index in [0.29, 0.717) is 30.6 Å². The fourth-order valence-electron chi connectivity index (χ4n) is 7.32. The second-order valence-electron chi connectivity index (χ2n) is 10.1. The fourth-order valence-corrected chi connectivity index (χ4v) is 8.28. The molecular weight excluding hydrogens is 384 g/mol. The van der Waals surface area contributed by atoms with Crippen molar-refractivity contribution in [3.8, 4) is 0 Å².